The van der Waals surface area contributed by atoms with Crippen LogP contribution in [0.2, 0.25) is 5.02 Å². The minimum Gasteiger partial charge on any atom is -0.312 e. The number of halogens is 2. The molecule has 0 bridgehead atoms. The van der Waals surface area contributed by atoms with Crippen molar-refractivity contribution in [2.24, 2.45) is 17.8 Å². The van der Waals surface area contributed by atoms with Gasteiger partial charge in [-0.1, -0.05) is 11.6 Å². The Kier molecular flexibility index (Phi) is 3.58. The highest BCUT2D eigenvalue weighted by molar-refractivity contribution is 6.31. The molecule has 2 aromatic heterocycles. The highest BCUT2D eigenvalue weighted by atomic mass is 35.5. The average molecular weight is 324 g/mol. The van der Waals surface area contributed by atoms with Gasteiger partial charge in [0.05, 0.1) is 5.02 Å². The predicted octanol–water partition coefficient (Wildman–Crippen LogP) is 4.30. The highest BCUT2D eigenvalue weighted by Crippen LogP contribution is 2.50. The van der Waals surface area contributed by atoms with Gasteiger partial charge in [0.25, 0.3) is 0 Å². The van der Waals surface area contributed by atoms with Crippen LogP contribution >= 0.6 is 23.2 Å². The second-order valence-corrected chi connectivity index (χ2v) is 7.23. The smallest absolute Gasteiger partial charge is 0.160 e. The predicted molar refractivity (Wildman–Crippen MR) is 85.9 cm³/mol. The van der Waals surface area contributed by atoms with Crippen LogP contribution in [0, 0.1) is 17.8 Å². The Labute approximate surface area is 134 Å². The van der Waals surface area contributed by atoms with E-state index in [0.717, 1.165) is 47.7 Å². The number of alkyl halides is 1. The number of rotatable bonds is 6. The Bertz CT molecular complexity index is 647. The first-order chi connectivity index (χ1) is 10.3. The molecule has 0 saturated heterocycles. The third-order valence-electron chi connectivity index (χ3n) is 4.80. The zero-order chi connectivity index (χ0) is 14.4. The summed E-state index contributed by atoms with van der Waals surface area (Å²) in [5.74, 6) is 4.29. The summed E-state index contributed by atoms with van der Waals surface area (Å²) in [6.45, 7) is 1.05. The van der Waals surface area contributed by atoms with Crippen molar-refractivity contribution in [1.82, 2.24) is 14.5 Å². The molecule has 2 saturated carbocycles. The maximum atomic E-state index is 6.05. The summed E-state index contributed by atoms with van der Waals surface area (Å²) in [6.07, 6.45) is 8.11. The van der Waals surface area contributed by atoms with Crippen molar-refractivity contribution in [2.45, 2.75) is 38.6 Å². The van der Waals surface area contributed by atoms with Crippen molar-refractivity contribution in [3.05, 3.63) is 23.1 Å². The molecular weight excluding hydrogens is 305 g/mol. The van der Waals surface area contributed by atoms with Crippen LogP contribution in [0.5, 0.6) is 0 Å². The summed E-state index contributed by atoms with van der Waals surface area (Å²) >= 11 is 12.0. The molecule has 0 atom stereocenters. The van der Waals surface area contributed by atoms with Gasteiger partial charge in [-0.2, -0.15) is 0 Å². The molecule has 2 aliphatic carbocycles. The Hall–Kier alpha value is -0.800. The van der Waals surface area contributed by atoms with E-state index in [2.05, 4.69) is 9.55 Å². The molecule has 0 aliphatic heterocycles. The quantitative estimate of drug-likeness (QED) is 0.742. The van der Waals surface area contributed by atoms with Crippen LogP contribution in [0.1, 0.15) is 31.5 Å². The second-order valence-electron chi connectivity index (χ2n) is 6.41. The molecule has 0 aromatic carbocycles. The lowest BCUT2D eigenvalue weighted by atomic mass is 9.98. The first-order valence-electron chi connectivity index (χ1n) is 7.83. The van der Waals surface area contributed by atoms with Crippen LogP contribution in [0.25, 0.3) is 11.2 Å². The van der Waals surface area contributed by atoms with Gasteiger partial charge in [-0.25, -0.2) is 9.97 Å². The molecular formula is C16H19Cl2N3. The van der Waals surface area contributed by atoms with E-state index >= 15 is 0 Å². The fraction of sp³-hybridized carbons (Fsp3) is 0.625. The fourth-order valence-electron chi connectivity index (χ4n) is 3.44. The molecule has 2 aromatic rings. The number of fused-ring (bicyclic) bond motifs is 1. The van der Waals surface area contributed by atoms with Gasteiger partial charge in [0.15, 0.2) is 5.65 Å². The SMILES string of the molecule is ClCCc1nc2cc(Cl)cnc2n1CC(C1CC1)C1CC1. The van der Waals surface area contributed by atoms with Crippen LogP contribution in [0.4, 0.5) is 0 Å². The Balaban J connectivity index is 1.72. The van der Waals surface area contributed by atoms with E-state index < -0.39 is 0 Å². The first-order valence-corrected chi connectivity index (χ1v) is 8.74. The first kappa shape index (κ1) is 13.8. The monoisotopic (exact) mass is 323 g/mol. The van der Waals surface area contributed by atoms with Crippen molar-refractivity contribution in [3.63, 3.8) is 0 Å². The van der Waals surface area contributed by atoms with Crippen molar-refractivity contribution >= 4 is 34.4 Å². The summed E-state index contributed by atoms with van der Waals surface area (Å²) in [7, 11) is 0. The van der Waals surface area contributed by atoms with E-state index in [-0.39, 0.29) is 0 Å². The number of aryl methyl sites for hydroxylation is 1. The maximum absolute atomic E-state index is 6.05. The summed E-state index contributed by atoms with van der Waals surface area (Å²) in [6, 6.07) is 1.90. The minimum atomic E-state index is 0.592. The zero-order valence-electron chi connectivity index (χ0n) is 11.9. The maximum Gasteiger partial charge on any atom is 0.160 e. The summed E-state index contributed by atoms with van der Waals surface area (Å²) in [4.78, 5) is 9.23. The molecule has 5 heteroatoms. The molecule has 0 unspecified atom stereocenters. The zero-order valence-corrected chi connectivity index (χ0v) is 13.4. The number of hydrogen-bond donors (Lipinski definition) is 0. The van der Waals surface area contributed by atoms with Crippen molar-refractivity contribution in [1.29, 1.82) is 0 Å². The third-order valence-corrected chi connectivity index (χ3v) is 5.19. The van der Waals surface area contributed by atoms with Gasteiger partial charge >= 0.3 is 0 Å². The Morgan fingerprint density at radius 3 is 2.57 bits per heavy atom. The van der Waals surface area contributed by atoms with E-state index in [1.165, 1.54) is 25.7 Å². The third kappa shape index (κ3) is 2.78. The fourth-order valence-corrected chi connectivity index (χ4v) is 3.76. The largest absolute Gasteiger partial charge is 0.312 e. The van der Waals surface area contributed by atoms with Gasteiger partial charge in [0.1, 0.15) is 11.3 Å². The number of pyridine rings is 1. The lowest BCUT2D eigenvalue weighted by Gasteiger charge is -2.18. The number of aromatic nitrogens is 3. The van der Waals surface area contributed by atoms with Gasteiger partial charge in [0, 0.05) is 25.0 Å². The van der Waals surface area contributed by atoms with Crippen molar-refractivity contribution in [2.75, 3.05) is 5.88 Å². The molecule has 0 N–H and O–H groups in total. The average Bonchev–Trinajstić information content (AvgIpc) is 3.35. The van der Waals surface area contributed by atoms with Gasteiger partial charge < -0.3 is 4.57 Å². The van der Waals surface area contributed by atoms with Gasteiger partial charge in [-0.05, 0) is 49.5 Å². The summed E-state index contributed by atoms with van der Waals surface area (Å²) in [5, 5.41) is 0.644. The summed E-state index contributed by atoms with van der Waals surface area (Å²) in [5.41, 5.74) is 1.86. The van der Waals surface area contributed by atoms with Crippen LogP contribution in [0.15, 0.2) is 12.3 Å². The number of nitrogens with zero attached hydrogens (tertiary/aromatic N) is 3. The lowest BCUT2D eigenvalue weighted by Crippen LogP contribution is -2.17. The molecule has 0 amide bonds. The van der Waals surface area contributed by atoms with Gasteiger partial charge in [0.2, 0.25) is 0 Å². The van der Waals surface area contributed by atoms with Crippen LogP contribution in [0.3, 0.4) is 0 Å². The van der Waals surface area contributed by atoms with Crippen LogP contribution in [-0.2, 0) is 13.0 Å². The molecule has 2 fully saturated rings. The molecule has 3 nitrogen and oxygen atoms in total. The van der Waals surface area contributed by atoms with Crippen molar-refractivity contribution < 1.29 is 0 Å². The Morgan fingerprint density at radius 2 is 1.95 bits per heavy atom. The number of imidazole rings is 1. The van der Waals surface area contributed by atoms with Crippen LogP contribution in [-0.4, -0.2) is 20.4 Å². The Morgan fingerprint density at radius 1 is 1.24 bits per heavy atom. The lowest BCUT2D eigenvalue weighted by molar-refractivity contribution is 0.348. The van der Waals surface area contributed by atoms with E-state index in [0.29, 0.717) is 10.9 Å². The summed E-state index contributed by atoms with van der Waals surface area (Å²) < 4.78 is 2.30. The standard InChI is InChI=1S/C16H19Cl2N3/c17-6-5-15-20-14-7-12(18)8-19-16(14)21(15)9-13(10-1-2-10)11-3-4-11/h7-8,10-11,13H,1-6,9H2. The van der Waals surface area contributed by atoms with E-state index in [9.17, 15) is 0 Å². The second kappa shape index (κ2) is 5.44. The molecule has 4 rings (SSSR count). The van der Waals surface area contributed by atoms with E-state index in [1.54, 1.807) is 6.20 Å². The molecule has 2 heterocycles. The molecule has 0 spiro atoms. The molecule has 0 radical (unpaired) electrons. The van der Waals surface area contributed by atoms with Gasteiger partial charge in [-0.15, -0.1) is 11.6 Å². The molecule has 2 aliphatic rings. The van der Waals surface area contributed by atoms with Crippen molar-refractivity contribution in [3.8, 4) is 0 Å². The minimum absolute atomic E-state index is 0.592. The number of hydrogen-bond acceptors (Lipinski definition) is 2. The molecule has 112 valence electrons. The normalized spacial score (nSPS) is 18.8. The van der Waals surface area contributed by atoms with E-state index in [1.807, 2.05) is 6.07 Å². The van der Waals surface area contributed by atoms with Gasteiger partial charge in [-0.3, -0.25) is 0 Å². The topological polar surface area (TPSA) is 30.7 Å². The van der Waals surface area contributed by atoms with E-state index in [4.69, 9.17) is 28.2 Å². The van der Waals surface area contributed by atoms with Crippen LogP contribution < -0.4 is 0 Å². The highest BCUT2D eigenvalue weighted by Gasteiger charge is 2.41. The molecule has 21 heavy (non-hydrogen) atoms.